The Morgan fingerprint density at radius 3 is 1.85 bits per heavy atom. The first-order chi connectivity index (χ1) is 13.1. The molecule has 4 rings (SSSR count). The Morgan fingerprint density at radius 2 is 1.30 bits per heavy atom. The van der Waals surface area contributed by atoms with Gasteiger partial charge in [-0.1, -0.05) is 78.9 Å². The quantitative estimate of drug-likeness (QED) is 0.699. The average Bonchev–Trinajstić information content (AvgIpc) is 3.11. The highest BCUT2D eigenvalue weighted by atomic mass is 32.2. The summed E-state index contributed by atoms with van der Waals surface area (Å²) < 4.78 is 35.0. The lowest BCUT2D eigenvalue weighted by molar-refractivity contribution is 0.470. The van der Waals surface area contributed by atoms with Crippen molar-refractivity contribution in [3.05, 3.63) is 102 Å². The molecule has 0 radical (unpaired) electrons. The highest BCUT2D eigenvalue weighted by Crippen LogP contribution is 2.39. The Labute approximate surface area is 158 Å². The molecule has 3 aromatic rings. The predicted octanol–water partition coefficient (Wildman–Crippen LogP) is 3.91. The first-order valence-electron chi connectivity index (χ1n) is 8.55. The fraction of sp³-hybridized carbons (Fsp3) is 0.0952. The molecule has 1 N–H and O–H groups in total. The van der Waals surface area contributed by atoms with Crippen molar-refractivity contribution in [1.29, 1.82) is 0 Å². The minimum absolute atomic E-state index is 0.329. The normalized spacial score (nSPS) is 19.7. The van der Waals surface area contributed by atoms with Gasteiger partial charge in [-0.3, -0.25) is 9.56 Å². The van der Waals surface area contributed by atoms with E-state index in [0.29, 0.717) is 11.3 Å². The van der Waals surface area contributed by atoms with E-state index in [2.05, 4.69) is 5.10 Å². The van der Waals surface area contributed by atoms with Crippen LogP contribution in [0.5, 0.6) is 0 Å². The lowest BCUT2D eigenvalue weighted by atomic mass is 9.97. The molecule has 0 saturated heterocycles. The molecule has 6 heteroatoms. The number of para-hydroxylation sites is 1. The predicted molar refractivity (Wildman–Crippen MR) is 106 cm³/mol. The van der Waals surface area contributed by atoms with E-state index in [1.54, 1.807) is 17.1 Å². The van der Waals surface area contributed by atoms with Crippen molar-refractivity contribution in [3.63, 3.8) is 0 Å². The third-order valence-electron chi connectivity index (χ3n) is 4.59. The molecule has 1 aliphatic rings. The van der Waals surface area contributed by atoms with Gasteiger partial charge in [-0.05, 0) is 23.3 Å². The Kier molecular flexibility index (Phi) is 4.51. The SMILES string of the molecule is O=S(=O)(O)C1C(c2ccccc2)=NN(c2ccccc2)C1c1ccccc1. The zero-order chi connectivity index (χ0) is 18.9. The molecule has 2 atom stereocenters. The summed E-state index contributed by atoms with van der Waals surface area (Å²) in [4.78, 5) is 0. The van der Waals surface area contributed by atoms with Gasteiger partial charge in [0.2, 0.25) is 0 Å². The van der Waals surface area contributed by atoms with Gasteiger partial charge in [0.05, 0.1) is 11.4 Å². The Balaban J connectivity index is 1.93. The minimum atomic E-state index is -4.41. The van der Waals surface area contributed by atoms with E-state index in [4.69, 9.17) is 0 Å². The van der Waals surface area contributed by atoms with Crippen LogP contribution < -0.4 is 5.01 Å². The molecule has 3 aromatic carbocycles. The van der Waals surface area contributed by atoms with Crippen molar-refractivity contribution in [2.75, 3.05) is 5.01 Å². The number of nitrogens with zero attached hydrogens (tertiary/aromatic N) is 2. The summed E-state index contributed by atoms with van der Waals surface area (Å²) in [6, 6.07) is 27.1. The van der Waals surface area contributed by atoms with Crippen LogP contribution in [0.4, 0.5) is 5.69 Å². The molecule has 1 aliphatic heterocycles. The standard InChI is InChI=1S/C21H18N2O3S/c24-27(25,26)21-19(16-10-4-1-5-11-16)22-23(18-14-8-3-9-15-18)20(21)17-12-6-2-7-13-17/h1-15,20-21H,(H,24,25,26). The van der Waals surface area contributed by atoms with Crippen molar-refractivity contribution < 1.29 is 13.0 Å². The van der Waals surface area contributed by atoms with Gasteiger partial charge >= 0.3 is 0 Å². The van der Waals surface area contributed by atoms with E-state index in [0.717, 1.165) is 11.3 Å². The third kappa shape index (κ3) is 3.37. The second-order valence-corrected chi connectivity index (χ2v) is 7.86. The number of hydrazone groups is 1. The number of anilines is 1. The lowest BCUT2D eigenvalue weighted by Gasteiger charge is -2.27. The molecule has 5 nitrogen and oxygen atoms in total. The van der Waals surface area contributed by atoms with Crippen LogP contribution in [0.1, 0.15) is 17.2 Å². The summed E-state index contributed by atoms with van der Waals surface area (Å²) in [6.45, 7) is 0. The first kappa shape index (κ1) is 17.5. The van der Waals surface area contributed by atoms with Crippen LogP contribution in [-0.2, 0) is 10.1 Å². The van der Waals surface area contributed by atoms with E-state index in [9.17, 15) is 13.0 Å². The summed E-state index contributed by atoms with van der Waals surface area (Å²) in [5, 5.41) is 5.13. The van der Waals surface area contributed by atoms with Gasteiger partial charge < -0.3 is 0 Å². The molecule has 0 bridgehead atoms. The highest BCUT2D eigenvalue weighted by molar-refractivity contribution is 7.87. The highest BCUT2D eigenvalue weighted by Gasteiger charge is 2.47. The minimum Gasteiger partial charge on any atom is -0.285 e. The first-order valence-corrected chi connectivity index (χ1v) is 10.1. The van der Waals surface area contributed by atoms with Crippen molar-refractivity contribution >= 4 is 21.5 Å². The van der Waals surface area contributed by atoms with Gasteiger partial charge in [-0.25, -0.2) is 0 Å². The molecule has 0 amide bonds. The molecule has 0 saturated carbocycles. The number of hydrogen-bond acceptors (Lipinski definition) is 4. The summed E-state index contributed by atoms with van der Waals surface area (Å²) in [6.07, 6.45) is 0. The Hall–Kier alpha value is -2.96. The van der Waals surface area contributed by atoms with E-state index in [1.165, 1.54) is 0 Å². The van der Waals surface area contributed by atoms with Gasteiger partial charge in [0, 0.05) is 0 Å². The van der Waals surface area contributed by atoms with Gasteiger partial charge in [0.1, 0.15) is 6.04 Å². The molecular formula is C21H18N2O3S. The molecule has 2 unspecified atom stereocenters. The largest absolute Gasteiger partial charge is 0.285 e. The maximum Gasteiger partial charge on any atom is 0.276 e. The Morgan fingerprint density at radius 1 is 0.778 bits per heavy atom. The maximum atomic E-state index is 12.4. The van der Waals surface area contributed by atoms with Crippen LogP contribution in [0.2, 0.25) is 0 Å². The second kappa shape index (κ2) is 6.98. The monoisotopic (exact) mass is 378 g/mol. The van der Waals surface area contributed by atoms with Crippen molar-refractivity contribution in [2.24, 2.45) is 5.10 Å². The van der Waals surface area contributed by atoms with Crippen LogP contribution in [0, 0.1) is 0 Å². The maximum absolute atomic E-state index is 12.4. The third-order valence-corrected chi connectivity index (χ3v) is 5.71. The summed E-state index contributed by atoms with van der Waals surface area (Å²) >= 11 is 0. The Bertz CT molecular complexity index is 1050. The van der Waals surface area contributed by atoms with Gasteiger partial charge in [0.25, 0.3) is 10.1 Å². The topological polar surface area (TPSA) is 70.0 Å². The zero-order valence-corrected chi connectivity index (χ0v) is 15.2. The van der Waals surface area contributed by atoms with Gasteiger partial charge in [0.15, 0.2) is 5.25 Å². The molecule has 1 heterocycles. The van der Waals surface area contributed by atoms with Crippen LogP contribution in [0.15, 0.2) is 96.1 Å². The van der Waals surface area contributed by atoms with Crippen molar-refractivity contribution in [1.82, 2.24) is 0 Å². The van der Waals surface area contributed by atoms with E-state index >= 15 is 0 Å². The van der Waals surface area contributed by atoms with Crippen molar-refractivity contribution in [2.45, 2.75) is 11.3 Å². The molecule has 0 aromatic heterocycles. The fourth-order valence-electron chi connectivity index (χ4n) is 3.41. The summed E-state index contributed by atoms with van der Waals surface area (Å²) in [5.41, 5.74) is 2.51. The molecule has 136 valence electrons. The molecule has 0 aliphatic carbocycles. The van der Waals surface area contributed by atoms with E-state index in [-0.39, 0.29) is 0 Å². The smallest absolute Gasteiger partial charge is 0.276 e. The second-order valence-electron chi connectivity index (χ2n) is 6.32. The number of benzene rings is 3. The van der Waals surface area contributed by atoms with Crippen LogP contribution in [0.3, 0.4) is 0 Å². The van der Waals surface area contributed by atoms with Crippen LogP contribution in [0.25, 0.3) is 0 Å². The summed E-state index contributed by atoms with van der Waals surface area (Å²) in [7, 11) is -4.41. The molecule has 27 heavy (non-hydrogen) atoms. The fourth-order valence-corrected chi connectivity index (χ4v) is 4.48. The van der Waals surface area contributed by atoms with Gasteiger partial charge in [-0.2, -0.15) is 13.5 Å². The van der Waals surface area contributed by atoms with Crippen LogP contribution in [-0.4, -0.2) is 23.9 Å². The van der Waals surface area contributed by atoms with Gasteiger partial charge in [-0.15, -0.1) is 0 Å². The zero-order valence-electron chi connectivity index (χ0n) is 14.4. The summed E-state index contributed by atoms with van der Waals surface area (Å²) in [5.74, 6) is 0. The molecule has 0 fully saturated rings. The molecular weight excluding hydrogens is 360 g/mol. The lowest BCUT2D eigenvalue weighted by Crippen LogP contribution is -2.36. The molecule has 0 spiro atoms. The number of hydrogen-bond donors (Lipinski definition) is 1. The van der Waals surface area contributed by atoms with E-state index < -0.39 is 21.4 Å². The van der Waals surface area contributed by atoms with E-state index in [1.807, 2.05) is 78.9 Å². The van der Waals surface area contributed by atoms with Crippen LogP contribution >= 0.6 is 0 Å². The number of rotatable bonds is 4. The van der Waals surface area contributed by atoms with Crippen molar-refractivity contribution in [3.8, 4) is 0 Å². The average molecular weight is 378 g/mol.